The molecule has 8 nitrogen and oxygen atoms in total. The van der Waals surface area contributed by atoms with Gasteiger partial charge in [0.2, 0.25) is 10.0 Å². The molecule has 0 saturated carbocycles. The minimum Gasteiger partial charge on any atom is -0.493 e. The van der Waals surface area contributed by atoms with Crippen molar-refractivity contribution in [1.82, 2.24) is 9.62 Å². The Balaban J connectivity index is 1.75. The summed E-state index contributed by atoms with van der Waals surface area (Å²) in [6, 6.07) is 13.6. The Labute approximate surface area is 186 Å². The molecule has 0 unspecified atom stereocenters. The molecule has 168 valence electrons. The van der Waals surface area contributed by atoms with Crippen LogP contribution in [0.15, 0.2) is 47.4 Å². The van der Waals surface area contributed by atoms with E-state index in [0.717, 1.165) is 6.07 Å². The van der Waals surface area contributed by atoms with Gasteiger partial charge in [-0.1, -0.05) is 12.1 Å². The zero-order chi connectivity index (χ0) is 23.4. The highest BCUT2D eigenvalue weighted by molar-refractivity contribution is 7.89. The highest BCUT2D eigenvalue weighted by Gasteiger charge is 2.49. The van der Waals surface area contributed by atoms with E-state index >= 15 is 0 Å². The number of aliphatic hydroxyl groups is 1. The highest BCUT2D eigenvalue weighted by atomic mass is 32.2. The number of halogens is 1. The number of hydrogen-bond donors (Lipinski definition) is 2. The molecule has 0 bridgehead atoms. The molecule has 1 atom stereocenters. The lowest BCUT2D eigenvalue weighted by Crippen LogP contribution is -2.64. The number of aliphatic hydroxyl groups excluding tert-OH is 1. The van der Waals surface area contributed by atoms with E-state index < -0.39 is 27.4 Å². The van der Waals surface area contributed by atoms with Crippen LogP contribution in [0, 0.1) is 33.9 Å². The summed E-state index contributed by atoms with van der Waals surface area (Å²) in [6.07, 6.45) is -0.581. The Kier molecular flexibility index (Phi) is 7.12. The van der Waals surface area contributed by atoms with E-state index in [9.17, 15) is 23.2 Å². The van der Waals surface area contributed by atoms with E-state index in [1.165, 1.54) is 28.6 Å². The number of nitrogens with one attached hydrogen (secondary N) is 1. The van der Waals surface area contributed by atoms with Crippen molar-refractivity contribution in [3.05, 3.63) is 59.4 Å². The molecule has 1 aliphatic rings. The predicted molar refractivity (Wildman–Crippen MR) is 114 cm³/mol. The second-order valence-corrected chi connectivity index (χ2v) is 9.81. The third-order valence-corrected chi connectivity index (χ3v) is 7.04. The topological polar surface area (TPSA) is 126 Å². The van der Waals surface area contributed by atoms with Crippen LogP contribution in [0.5, 0.6) is 5.75 Å². The van der Waals surface area contributed by atoms with Crippen molar-refractivity contribution < 1.29 is 22.7 Å². The second kappa shape index (κ2) is 9.63. The maximum atomic E-state index is 13.9. The molecule has 0 aromatic heterocycles. The fourth-order valence-electron chi connectivity index (χ4n) is 3.51. The van der Waals surface area contributed by atoms with Gasteiger partial charge in [0.15, 0.2) is 0 Å². The molecule has 0 amide bonds. The Morgan fingerprint density at radius 1 is 1.22 bits per heavy atom. The van der Waals surface area contributed by atoms with Crippen LogP contribution >= 0.6 is 0 Å². The number of nitriles is 2. The summed E-state index contributed by atoms with van der Waals surface area (Å²) in [6.45, 7) is 2.66. The standard InChI is InChI=1S/C22H23FN4O4S/c1-16(28)11-26-12-22(15-31-19-7-6-17(9-24)20(23)8-19)13-27(14-22)32(29,30)21-5-3-2-4-18(21)10-25/h2-8,16,26,28H,11-15H2,1H3/t16-/m0/s1. The van der Waals surface area contributed by atoms with Gasteiger partial charge in [-0.05, 0) is 31.2 Å². The van der Waals surface area contributed by atoms with Crippen LogP contribution < -0.4 is 10.1 Å². The van der Waals surface area contributed by atoms with Crippen LogP contribution in [0.1, 0.15) is 18.1 Å². The van der Waals surface area contributed by atoms with Gasteiger partial charge in [0, 0.05) is 37.7 Å². The SMILES string of the molecule is C[C@H](O)CNCC1(COc2ccc(C#N)c(F)c2)CN(S(=O)(=O)c2ccccc2C#N)C1. The van der Waals surface area contributed by atoms with Crippen LogP contribution in [-0.2, 0) is 10.0 Å². The second-order valence-electron chi connectivity index (χ2n) is 7.90. The average molecular weight is 459 g/mol. The molecule has 10 heteroatoms. The van der Waals surface area contributed by atoms with Gasteiger partial charge in [0.25, 0.3) is 0 Å². The van der Waals surface area contributed by atoms with Gasteiger partial charge < -0.3 is 15.2 Å². The van der Waals surface area contributed by atoms with Crippen LogP contribution in [0.25, 0.3) is 0 Å². The lowest BCUT2D eigenvalue weighted by molar-refractivity contribution is 0.0172. The molecule has 3 rings (SSSR count). The van der Waals surface area contributed by atoms with E-state index in [2.05, 4.69) is 5.32 Å². The first kappa shape index (κ1) is 23.6. The van der Waals surface area contributed by atoms with Gasteiger partial charge in [-0.15, -0.1) is 0 Å². The maximum absolute atomic E-state index is 13.9. The smallest absolute Gasteiger partial charge is 0.244 e. The van der Waals surface area contributed by atoms with Crippen molar-refractivity contribution in [3.8, 4) is 17.9 Å². The molecule has 1 fully saturated rings. The Bertz CT molecular complexity index is 1170. The number of rotatable bonds is 9. The lowest BCUT2D eigenvalue weighted by atomic mass is 9.82. The van der Waals surface area contributed by atoms with Gasteiger partial charge in [-0.25, -0.2) is 12.8 Å². The molecule has 2 aromatic rings. The fraction of sp³-hybridized carbons (Fsp3) is 0.364. The molecule has 32 heavy (non-hydrogen) atoms. The largest absolute Gasteiger partial charge is 0.493 e. The summed E-state index contributed by atoms with van der Waals surface area (Å²) in [7, 11) is -3.87. The van der Waals surface area contributed by atoms with Crippen molar-refractivity contribution in [2.45, 2.75) is 17.9 Å². The summed E-state index contributed by atoms with van der Waals surface area (Å²) in [4.78, 5) is -0.0527. The predicted octanol–water partition coefficient (Wildman–Crippen LogP) is 1.61. The van der Waals surface area contributed by atoms with E-state index in [1.807, 2.05) is 6.07 Å². The van der Waals surface area contributed by atoms with Crippen LogP contribution in [0.2, 0.25) is 0 Å². The maximum Gasteiger partial charge on any atom is 0.244 e. The minimum atomic E-state index is -3.87. The third kappa shape index (κ3) is 5.06. The van der Waals surface area contributed by atoms with Gasteiger partial charge >= 0.3 is 0 Å². The van der Waals surface area contributed by atoms with Crippen molar-refractivity contribution in [3.63, 3.8) is 0 Å². The minimum absolute atomic E-state index is 0.0527. The first-order chi connectivity index (χ1) is 15.2. The van der Waals surface area contributed by atoms with E-state index in [0.29, 0.717) is 13.1 Å². The number of ether oxygens (including phenoxy) is 1. The molecular weight excluding hydrogens is 435 g/mol. The van der Waals surface area contributed by atoms with Crippen LogP contribution in [0.3, 0.4) is 0 Å². The summed E-state index contributed by atoms with van der Waals surface area (Å²) < 4.78 is 47.0. The lowest BCUT2D eigenvalue weighted by Gasteiger charge is -2.49. The fourth-order valence-corrected chi connectivity index (χ4v) is 5.32. The van der Waals surface area contributed by atoms with Crippen molar-refractivity contribution in [1.29, 1.82) is 10.5 Å². The summed E-state index contributed by atoms with van der Waals surface area (Å²) in [5.74, 6) is -0.468. The molecule has 2 aromatic carbocycles. The Morgan fingerprint density at radius 3 is 2.53 bits per heavy atom. The van der Waals surface area contributed by atoms with Gasteiger partial charge in [0.05, 0.1) is 28.7 Å². The van der Waals surface area contributed by atoms with Gasteiger partial charge in [-0.2, -0.15) is 14.8 Å². The van der Waals surface area contributed by atoms with Gasteiger partial charge in [-0.3, -0.25) is 0 Å². The van der Waals surface area contributed by atoms with E-state index in [1.54, 1.807) is 25.1 Å². The summed E-state index contributed by atoms with van der Waals surface area (Å²) in [5.41, 5.74) is -0.641. The Morgan fingerprint density at radius 2 is 1.91 bits per heavy atom. The number of hydrogen-bond acceptors (Lipinski definition) is 7. The van der Waals surface area contributed by atoms with Crippen molar-refractivity contribution >= 4 is 10.0 Å². The molecule has 1 saturated heterocycles. The Hall–Kier alpha value is -3.02. The highest BCUT2D eigenvalue weighted by Crippen LogP contribution is 2.36. The molecule has 0 spiro atoms. The van der Waals surface area contributed by atoms with Gasteiger partial charge in [0.1, 0.15) is 23.7 Å². The normalized spacial score (nSPS) is 16.4. The number of sulfonamides is 1. The number of benzene rings is 2. The molecule has 2 N–H and O–H groups in total. The van der Waals surface area contributed by atoms with Crippen LogP contribution in [-0.4, -0.2) is 56.7 Å². The molecule has 1 aliphatic heterocycles. The van der Waals surface area contributed by atoms with Crippen LogP contribution in [0.4, 0.5) is 4.39 Å². The van der Waals surface area contributed by atoms with Crippen molar-refractivity contribution in [2.24, 2.45) is 5.41 Å². The van der Waals surface area contributed by atoms with E-state index in [-0.39, 0.29) is 41.5 Å². The van der Waals surface area contributed by atoms with Crippen molar-refractivity contribution in [2.75, 3.05) is 32.8 Å². The molecule has 1 heterocycles. The average Bonchev–Trinajstić information content (AvgIpc) is 2.74. The first-order valence-electron chi connectivity index (χ1n) is 9.91. The summed E-state index contributed by atoms with van der Waals surface area (Å²) >= 11 is 0. The zero-order valence-corrected chi connectivity index (χ0v) is 18.3. The summed E-state index contributed by atoms with van der Waals surface area (Å²) in [5, 5.41) is 30.7. The third-order valence-electron chi connectivity index (χ3n) is 5.19. The monoisotopic (exact) mass is 458 g/mol. The molecule has 0 radical (unpaired) electrons. The van der Waals surface area contributed by atoms with E-state index in [4.69, 9.17) is 10.00 Å². The molecule has 0 aliphatic carbocycles. The quantitative estimate of drug-likeness (QED) is 0.584. The number of nitrogens with zero attached hydrogens (tertiary/aromatic N) is 3. The zero-order valence-electron chi connectivity index (χ0n) is 17.5. The first-order valence-corrected chi connectivity index (χ1v) is 11.4. The molecular formula is C22H23FN4O4S.